The van der Waals surface area contributed by atoms with Gasteiger partial charge in [-0.1, -0.05) is 11.6 Å². The number of methoxy groups -OCH3 is 2. The Morgan fingerprint density at radius 3 is 2.62 bits per heavy atom. The quantitative estimate of drug-likeness (QED) is 0.779. The van der Waals surface area contributed by atoms with E-state index in [0.29, 0.717) is 17.9 Å². The van der Waals surface area contributed by atoms with Gasteiger partial charge < -0.3 is 14.8 Å². The van der Waals surface area contributed by atoms with E-state index in [1.165, 1.54) is 4.90 Å². The molecule has 1 N–H and O–H groups in total. The van der Waals surface area contributed by atoms with Crippen LogP contribution in [0.1, 0.15) is 30.0 Å². The fourth-order valence-corrected chi connectivity index (χ4v) is 4.34. The van der Waals surface area contributed by atoms with Crippen LogP contribution in [0.2, 0.25) is 5.02 Å². The van der Waals surface area contributed by atoms with E-state index < -0.39 is 0 Å². The van der Waals surface area contributed by atoms with E-state index in [0.717, 1.165) is 34.8 Å². The summed E-state index contributed by atoms with van der Waals surface area (Å²) >= 11 is 7.94. The number of amides is 1. The number of thioether (sulfide) groups is 1. The maximum Gasteiger partial charge on any atom is 0.220 e. The van der Waals surface area contributed by atoms with Gasteiger partial charge in [0.25, 0.3) is 0 Å². The largest absolute Gasteiger partial charge is 0.497 e. The zero-order chi connectivity index (χ0) is 18.5. The molecule has 138 valence electrons. The molecule has 1 amide bonds. The molecule has 26 heavy (non-hydrogen) atoms. The number of carbonyl (C=O) groups excluding carboxylic acids is 1. The van der Waals surface area contributed by atoms with Crippen LogP contribution in [0.15, 0.2) is 41.3 Å². The molecule has 0 saturated heterocycles. The fraction of sp³-hybridized carbons (Fsp3) is 0.350. The summed E-state index contributed by atoms with van der Waals surface area (Å²) in [5.41, 5.74) is 2.13. The molecule has 2 aromatic rings. The molecule has 1 aliphatic rings. The van der Waals surface area contributed by atoms with Crippen LogP contribution in [-0.2, 0) is 11.2 Å². The van der Waals surface area contributed by atoms with Crippen LogP contribution >= 0.6 is 23.4 Å². The first-order valence-corrected chi connectivity index (χ1v) is 9.89. The van der Waals surface area contributed by atoms with Crippen LogP contribution in [-0.4, -0.2) is 25.9 Å². The van der Waals surface area contributed by atoms with Crippen molar-refractivity contribution < 1.29 is 14.3 Å². The lowest BCUT2D eigenvalue weighted by Crippen LogP contribution is -2.30. The molecule has 0 radical (unpaired) electrons. The van der Waals surface area contributed by atoms with E-state index >= 15 is 0 Å². The highest BCUT2D eigenvalue weighted by Crippen LogP contribution is 2.37. The summed E-state index contributed by atoms with van der Waals surface area (Å²) in [6, 6.07) is 11.6. The van der Waals surface area contributed by atoms with Crippen molar-refractivity contribution in [3.8, 4) is 11.5 Å². The van der Waals surface area contributed by atoms with Crippen molar-refractivity contribution in [1.29, 1.82) is 0 Å². The van der Waals surface area contributed by atoms with Crippen molar-refractivity contribution in [3.05, 3.63) is 52.5 Å². The molecule has 0 spiro atoms. The number of halogens is 1. The summed E-state index contributed by atoms with van der Waals surface area (Å²) < 4.78 is 10.6. The fourth-order valence-electron chi connectivity index (χ4n) is 3.05. The van der Waals surface area contributed by atoms with E-state index in [9.17, 15) is 4.79 Å². The van der Waals surface area contributed by atoms with Crippen LogP contribution < -0.4 is 14.8 Å². The second kappa shape index (κ2) is 8.69. The van der Waals surface area contributed by atoms with Crippen molar-refractivity contribution in [2.75, 3.05) is 20.0 Å². The standard InChI is InChI=1S/C20H22ClNO3S/c1-24-15-9-13(10-16(12-15)25-2)3-6-20(23)22-18-7-8-26-19-5-4-14(21)11-17(18)19/h4-5,9-12,18H,3,6-8H2,1-2H3,(H,22,23). The second-order valence-electron chi connectivity index (χ2n) is 6.16. The first-order valence-electron chi connectivity index (χ1n) is 8.52. The molecule has 0 aromatic heterocycles. The monoisotopic (exact) mass is 391 g/mol. The second-order valence-corrected chi connectivity index (χ2v) is 7.73. The smallest absolute Gasteiger partial charge is 0.220 e. The van der Waals surface area contributed by atoms with Crippen LogP contribution in [0.5, 0.6) is 11.5 Å². The van der Waals surface area contributed by atoms with Gasteiger partial charge in [0.1, 0.15) is 11.5 Å². The Balaban J connectivity index is 1.63. The number of nitrogens with one attached hydrogen (secondary N) is 1. The normalized spacial score (nSPS) is 15.9. The van der Waals surface area contributed by atoms with Crippen LogP contribution in [0.3, 0.4) is 0 Å². The SMILES string of the molecule is COc1cc(CCC(=O)NC2CCSc3ccc(Cl)cc32)cc(OC)c1. The number of benzene rings is 2. The maximum absolute atomic E-state index is 12.5. The predicted octanol–water partition coefficient (Wildman–Crippen LogP) is 4.64. The number of fused-ring (bicyclic) bond motifs is 1. The van der Waals surface area contributed by atoms with Crippen LogP contribution in [0.4, 0.5) is 0 Å². The predicted molar refractivity (Wildman–Crippen MR) is 106 cm³/mol. The van der Waals surface area contributed by atoms with Gasteiger partial charge in [-0.15, -0.1) is 11.8 Å². The van der Waals surface area contributed by atoms with E-state index in [1.807, 2.05) is 48.2 Å². The molecule has 0 aliphatic carbocycles. The van der Waals surface area contributed by atoms with Gasteiger partial charge in [0.2, 0.25) is 5.91 Å². The molecule has 0 fully saturated rings. The Morgan fingerprint density at radius 1 is 1.19 bits per heavy atom. The van der Waals surface area contributed by atoms with Crippen LogP contribution in [0.25, 0.3) is 0 Å². The summed E-state index contributed by atoms with van der Waals surface area (Å²) in [5.74, 6) is 2.49. The van der Waals surface area contributed by atoms with Gasteiger partial charge in [0.15, 0.2) is 0 Å². The first-order chi connectivity index (χ1) is 12.6. The third-order valence-electron chi connectivity index (χ3n) is 4.40. The van der Waals surface area contributed by atoms with Crippen molar-refractivity contribution in [3.63, 3.8) is 0 Å². The number of rotatable bonds is 6. The van der Waals surface area contributed by atoms with Gasteiger partial charge in [-0.05, 0) is 54.3 Å². The minimum atomic E-state index is 0.0253. The summed E-state index contributed by atoms with van der Waals surface area (Å²) in [4.78, 5) is 13.7. The van der Waals surface area contributed by atoms with Gasteiger partial charge in [0, 0.05) is 28.2 Å². The summed E-state index contributed by atoms with van der Waals surface area (Å²) in [7, 11) is 3.24. The summed E-state index contributed by atoms with van der Waals surface area (Å²) in [6.07, 6.45) is 1.95. The number of hydrogen-bond donors (Lipinski definition) is 1. The Hall–Kier alpha value is -1.85. The molecule has 6 heteroatoms. The molecule has 1 atom stereocenters. The highest BCUT2D eigenvalue weighted by atomic mass is 35.5. The van der Waals surface area contributed by atoms with Gasteiger partial charge in [0.05, 0.1) is 20.3 Å². The minimum Gasteiger partial charge on any atom is -0.497 e. The Labute approximate surface area is 163 Å². The van der Waals surface area contributed by atoms with Gasteiger partial charge in [-0.3, -0.25) is 4.79 Å². The lowest BCUT2D eigenvalue weighted by Gasteiger charge is -2.26. The van der Waals surface area contributed by atoms with E-state index in [2.05, 4.69) is 5.32 Å². The molecule has 1 unspecified atom stereocenters. The average Bonchev–Trinajstić information content (AvgIpc) is 2.66. The molecule has 4 nitrogen and oxygen atoms in total. The molecule has 1 heterocycles. The van der Waals surface area contributed by atoms with E-state index in [1.54, 1.807) is 14.2 Å². The van der Waals surface area contributed by atoms with Crippen molar-refractivity contribution in [1.82, 2.24) is 5.32 Å². The Bertz CT molecular complexity index is 774. The lowest BCUT2D eigenvalue weighted by atomic mass is 10.0. The maximum atomic E-state index is 12.5. The van der Waals surface area contributed by atoms with Crippen molar-refractivity contribution >= 4 is 29.3 Å². The molecular weight excluding hydrogens is 370 g/mol. The Kier molecular flexibility index (Phi) is 6.33. The molecule has 0 saturated carbocycles. The summed E-state index contributed by atoms with van der Waals surface area (Å²) in [5, 5.41) is 3.86. The highest BCUT2D eigenvalue weighted by molar-refractivity contribution is 7.99. The third-order valence-corrected chi connectivity index (χ3v) is 5.76. The Morgan fingerprint density at radius 2 is 1.92 bits per heavy atom. The lowest BCUT2D eigenvalue weighted by molar-refractivity contribution is -0.121. The summed E-state index contributed by atoms with van der Waals surface area (Å²) in [6.45, 7) is 0. The zero-order valence-corrected chi connectivity index (χ0v) is 16.5. The van der Waals surface area contributed by atoms with E-state index in [4.69, 9.17) is 21.1 Å². The molecular formula is C20H22ClNO3S. The molecule has 3 rings (SSSR count). The van der Waals surface area contributed by atoms with Crippen molar-refractivity contribution in [2.45, 2.75) is 30.2 Å². The molecule has 1 aliphatic heterocycles. The molecule has 2 aromatic carbocycles. The van der Waals surface area contributed by atoms with Crippen LogP contribution in [0, 0.1) is 0 Å². The topological polar surface area (TPSA) is 47.6 Å². The zero-order valence-electron chi connectivity index (χ0n) is 14.9. The van der Waals surface area contributed by atoms with Crippen molar-refractivity contribution in [2.24, 2.45) is 0 Å². The number of hydrogen-bond acceptors (Lipinski definition) is 4. The van der Waals surface area contributed by atoms with E-state index in [-0.39, 0.29) is 11.9 Å². The number of carbonyl (C=O) groups is 1. The number of ether oxygens (including phenoxy) is 2. The number of aryl methyl sites for hydroxylation is 1. The van der Waals surface area contributed by atoms with Gasteiger partial charge >= 0.3 is 0 Å². The third kappa shape index (κ3) is 4.65. The average molecular weight is 392 g/mol. The van der Waals surface area contributed by atoms with Gasteiger partial charge in [-0.25, -0.2) is 0 Å². The molecule has 0 bridgehead atoms. The first kappa shape index (κ1) is 18.9. The highest BCUT2D eigenvalue weighted by Gasteiger charge is 2.22. The minimum absolute atomic E-state index is 0.0253. The van der Waals surface area contributed by atoms with Gasteiger partial charge in [-0.2, -0.15) is 0 Å².